The molecule has 0 bridgehead atoms. The van der Waals surface area contributed by atoms with Gasteiger partial charge in [0.15, 0.2) is 0 Å². The average molecular weight is 396 g/mol. The van der Waals surface area contributed by atoms with Crippen molar-refractivity contribution < 1.29 is 8.42 Å². The fourth-order valence-electron chi connectivity index (χ4n) is 2.91. The van der Waals surface area contributed by atoms with Gasteiger partial charge in [-0.2, -0.15) is 0 Å². The zero-order valence-electron chi connectivity index (χ0n) is 16.1. The van der Waals surface area contributed by atoms with Crippen LogP contribution in [0.15, 0.2) is 72.9 Å². The molecule has 0 atom stereocenters. The lowest BCUT2D eigenvalue weighted by atomic mass is 10.0. The molecular formula is C22H25N3O2S. The van der Waals surface area contributed by atoms with Crippen LogP contribution in [0.2, 0.25) is 0 Å². The Bertz CT molecular complexity index is 1000. The van der Waals surface area contributed by atoms with Gasteiger partial charge in [0.2, 0.25) is 10.0 Å². The van der Waals surface area contributed by atoms with Crippen molar-refractivity contribution >= 4 is 27.2 Å². The van der Waals surface area contributed by atoms with Gasteiger partial charge in [-0.15, -0.1) is 0 Å². The van der Waals surface area contributed by atoms with E-state index in [1.54, 1.807) is 12.3 Å². The quantitative estimate of drug-likeness (QED) is 0.567. The van der Waals surface area contributed by atoms with Crippen LogP contribution in [0.4, 0.5) is 17.2 Å². The second-order valence-corrected chi connectivity index (χ2v) is 8.80. The lowest BCUT2D eigenvalue weighted by molar-refractivity contribution is 0.600. The first kappa shape index (κ1) is 19.9. The van der Waals surface area contributed by atoms with E-state index in [1.807, 2.05) is 54.6 Å². The molecule has 0 radical (unpaired) electrons. The molecule has 0 amide bonds. The zero-order chi connectivity index (χ0) is 20.0. The van der Waals surface area contributed by atoms with Crippen molar-refractivity contribution in [1.29, 1.82) is 0 Å². The number of benzene rings is 2. The molecule has 2 aromatic carbocycles. The van der Waals surface area contributed by atoms with Crippen LogP contribution in [0.5, 0.6) is 0 Å². The summed E-state index contributed by atoms with van der Waals surface area (Å²) < 4.78 is 27.1. The molecule has 0 unspecified atom stereocenters. The van der Waals surface area contributed by atoms with E-state index in [4.69, 9.17) is 0 Å². The van der Waals surface area contributed by atoms with Crippen molar-refractivity contribution in [2.75, 3.05) is 15.8 Å². The molecule has 0 fully saturated rings. The van der Waals surface area contributed by atoms with Crippen molar-refractivity contribution in [3.05, 3.63) is 84.1 Å². The van der Waals surface area contributed by atoms with Crippen molar-refractivity contribution in [3.8, 4) is 0 Å². The molecule has 2 N–H and O–H groups in total. The van der Waals surface area contributed by atoms with E-state index in [1.165, 1.54) is 5.56 Å². The Kier molecular flexibility index (Phi) is 6.31. The maximum absolute atomic E-state index is 12.3. The Morgan fingerprint density at radius 3 is 2.32 bits per heavy atom. The molecule has 3 rings (SSSR count). The van der Waals surface area contributed by atoms with Crippen LogP contribution in [-0.2, 0) is 16.4 Å². The summed E-state index contributed by atoms with van der Waals surface area (Å²) in [4.78, 5) is 4.24. The third kappa shape index (κ3) is 5.57. The molecule has 0 aliphatic heterocycles. The molecule has 0 aliphatic rings. The van der Waals surface area contributed by atoms with Gasteiger partial charge in [0.25, 0.3) is 0 Å². The highest BCUT2D eigenvalue weighted by molar-refractivity contribution is 7.92. The van der Waals surface area contributed by atoms with Gasteiger partial charge < -0.3 is 5.32 Å². The van der Waals surface area contributed by atoms with Gasteiger partial charge in [-0.05, 0) is 41.7 Å². The fourth-order valence-corrected chi connectivity index (χ4v) is 3.95. The Balaban J connectivity index is 1.63. The van der Waals surface area contributed by atoms with E-state index >= 15 is 0 Å². The van der Waals surface area contributed by atoms with Crippen LogP contribution in [0.25, 0.3) is 0 Å². The number of aryl methyl sites for hydroxylation is 1. The van der Waals surface area contributed by atoms with Crippen LogP contribution >= 0.6 is 0 Å². The molecule has 6 heteroatoms. The largest absolute Gasteiger partial charge is 0.354 e. The zero-order valence-corrected chi connectivity index (χ0v) is 16.9. The first-order valence-electron chi connectivity index (χ1n) is 9.29. The SMILES string of the molecule is CC(C)c1ccccc1Nc1ccc(NS(=O)(=O)CCc2ccccc2)nc1. The van der Waals surface area contributed by atoms with E-state index in [-0.39, 0.29) is 5.75 Å². The van der Waals surface area contributed by atoms with Crippen LogP contribution in [-0.4, -0.2) is 19.2 Å². The minimum Gasteiger partial charge on any atom is -0.354 e. The normalized spacial score (nSPS) is 11.4. The molecule has 146 valence electrons. The molecule has 0 aliphatic carbocycles. The number of hydrogen-bond donors (Lipinski definition) is 2. The number of hydrogen-bond acceptors (Lipinski definition) is 4. The smallest absolute Gasteiger partial charge is 0.234 e. The molecule has 0 saturated carbocycles. The van der Waals surface area contributed by atoms with Crippen molar-refractivity contribution in [2.24, 2.45) is 0 Å². The summed E-state index contributed by atoms with van der Waals surface area (Å²) in [6.45, 7) is 4.29. The lowest BCUT2D eigenvalue weighted by Crippen LogP contribution is -2.18. The summed E-state index contributed by atoms with van der Waals surface area (Å²) in [5.74, 6) is 0.726. The number of rotatable bonds is 8. The second-order valence-electron chi connectivity index (χ2n) is 6.96. The maximum atomic E-state index is 12.3. The highest BCUT2D eigenvalue weighted by atomic mass is 32.2. The van der Waals surface area contributed by atoms with Crippen LogP contribution in [0.1, 0.15) is 30.9 Å². The van der Waals surface area contributed by atoms with Crippen molar-refractivity contribution in [3.63, 3.8) is 0 Å². The predicted molar refractivity (Wildman–Crippen MR) is 116 cm³/mol. The van der Waals surface area contributed by atoms with Gasteiger partial charge in [-0.3, -0.25) is 4.72 Å². The fraction of sp³-hybridized carbons (Fsp3) is 0.227. The summed E-state index contributed by atoms with van der Waals surface area (Å²) in [6, 6.07) is 21.2. The number of nitrogens with zero attached hydrogens (tertiary/aromatic N) is 1. The third-order valence-electron chi connectivity index (χ3n) is 4.39. The average Bonchev–Trinajstić information content (AvgIpc) is 2.69. The number of anilines is 3. The number of aromatic nitrogens is 1. The molecular weight excluding hydrogens is 370 g/mol. The Morgan fingerprint density at radius 1 is 0.929 bits per heavy atom. The summed E-state index contributed by atoms with van der Waals surface area (Å²) in [5, 5.41) is 3.35. The van der Waals surface area contributed by atoms with Gasteiger partial charge in [-0.25, -0.2) is 13.4 Å². The number of para-hydroxylation sites is 1. The predicted octanol–water partition coefficient (Wildman–Crippen LogP) is 4.93. The van der Waals surface area contributed by atoms with Crippen LogP contribution in [0, 0.1) is 0 Å². The Hall–Kier alpha value is -2.86. The summed E-state index contributed by atoms with van der Waals surface area (Å²) in [5.41, 5.74) is 4.04. The molecule has 0 saturated heterocycles. The molecule has 5 nitrogen and oxygen atoms in total. The van der Waals surface area contributed by atoms with Gasteiger partial charge >= 0.3 is 0 Å². The molecule has 1 heterocycles. The third-order valence-corrected chi connectivity index (χ3v) is 5.65. The highest BCUT2D eigenvalue weighted by Gasteiger charge is 2.12. The summed E-state index contributed by atoms with van der Waals surface area (Å²) in [7, 11) is -3.46. The summed E-state index contributed by atoms with van der Waals surface area (Å²) in [6.07, 6.45) is 2.09. The van der Waals surface area contributed by atoms with Crippen LogP contribution in [0.3, 0.4) is 0 Å². The van der Waals surface area contributed by atoms with Gasteiger partial charge in [0, 0.05) is 5.69 Å². The van der Waals surface area contributed by atoms with E-state index in [0.717, 1.165) is 16.9 Å². The minimum absolute atomic E-state index is 0.0143. The van der Waals surface area contributed by atoms with E-state index in [0.29, 0.717) is 18.2 Å². The topological polar surface area (TPSA) is 71.1 Å². The number of sulfonamides is 1. The second kappa shape index (κ2) is 8.89. The molecule has 0 spiro atoms. The van der Waals surface area contributed by atoms with Gasteiger partial charge in [-0.1, -0.05) is 62.4 Å². The first-order valence-corrected chi connectivity index (χ1v) is 10.9. The minimum atomic E-state index is -3.46. The van der Waals surface area contributed by atoms with Gasteiger partial charge in [0.1, 0.15) is 5.82 Å². The van der Waals surface area contributed by atoms with E-state index in [2.05, 4.69) is 34.9 Å². The van der Waals surface area contributed by atoms with Crippen LogP contribution < -0.4 is 10.0 Å². The van der Waals surface area contributed by atoms with E-state index < -0.39 is 10.0 Å². The van der Waals surface area contributed by atoms with E-state index in [9.17, 15) is 8.42 Å². The van der Waals surface area contributed by atoms with Crippen molar-refractivity contribution in [2.45, 2.75) is 26.2 Å². The Labute approximate surface area is 166 Å². The number of pyridine rings is 1. The molecule has 3 aromatic rings. The lowest BCUT2D eigenvalue weighted by Gasteiger charge is -2.14. The molecule has 1 aromatic heterocycles. The van der Waals surface area contributed by atoms with Crippen molar-refractivity contribution in [1.82, 2.24) is 4.98 Å². The summed E-state index contributed by atoms with van der Waals surface area (Å²) >= 11 is 0. The highest BCUT2D eigenvalue weighted by Crippen LogP contribution is 2.26. The molecule has 28 heavy (non-hydrogen) atoms. The number of nitrogens with one attached hydrogen (secondary N) is 2. The standard InChI is InChI=1S/C22H25N3O2S/c1-17(2)20-10-6-7-11-21(20)24-19-12-13-22(23-16-19)25-28(26,27)15-14-18-8-4-3-5-9-18/h3-13,16-17,24H,14-15H2,1-2H3,(H,23,25). The Morgan fingerprint density at radius 2 is 1.64 bits per heavy atom. The van der Waals surface area contributed by atoms with Gasteiger partial charge in [0.05, 0.1) is 17.6 Å². The monoisotopic (exact) mass is 395 g/mol. The first-order chi connectivity index (χ1) is 13.4. The maximum Gasteiger partial charge on any atom is 0.234 e.